The molecule has 5 nitrogen and oxygen atoms in total. The van der Waals surface area contributed by atoms with E-state index in [0.29, 0.717) is 13.2 Å². The molecule has 0 radical (unpaired) electrons. The summed E-state index contributed by atoms with van der Waals surface area (Å²) in [5, 5.41) is 5.06. The van der Waals surface area contributed by atoms with E-state index in [0.717, 1.165) is 11.1 Å². The zero-order valence-electron chi connectivity index (χ0n) is 13.4. The van der Waals surface area contributed by atoms with Gasteiger partial charge in [-0.05, 0) is 17.2 Å². The molecule has 0 aliphatic carbocycles. The average molecular weight is 324 g/mol. The SMILES string of the molecule is C=CC(=O)N(Cc1ccccc1)OC/C=N\OCc1ccccc1. The van der Waals surface area contributed by atoms with Crippen molar-refractivity contribution < 1.29 is 14.5 Å². The molecule has 0 aliphatic heterocycles. The third-order valence-electron chi connectivity index (χ3n) is 3.12. The Labute approximate surface area is 141 Å². The zero-order valence-corrected chi connectivity index (χ0v) is 13.4. The van der Waals surface area contributed by atoms with E-state index in [-0.39, 0.29) is 12.5 Å². The second-order valence-corrected chi connectivity index (χ2v) is 4.91. The zero-order chi connectivity index (χ0) is 17.0. The highest BCUT2D eigenvalue weighted by Crippen LogP contribution is 2.06. The topological polar surface area (TPSA) is 51.1 Å². The molecular formula is C19H20N2O3. The minimum Gasteiger partial charge on any atom is -0.391 e. The fourth-order valence-electron chi connectivity index (χ4n) is 1.93. The monoisotopic (exact) mass is 324 g/mol. The van der Waals surface area contributed by atoms with Gasteiger partial charge in [0.2, 0.25) is 0 Å². The average Bonchev–Trinajstić information content (AvgIpc) is 2.64. The summed E-state index contributed by atoms with van der Waals surface area (Å²) in [5.74, 6) is -0.308. The first-order valence-electron chi connectivity index (χ1n) is 7.58. The second-order valence-electron chi connectivity index (χ2n) is 4.91. The van der Waals surface area contributed by atoms with E-state index in [9.17, 15) is 4.79 Å². The van der Waals surface area contributed by atoms with E-state index in [1.807, 2.05) is 60.7 Å². The molecule has 0 aromatic heterocycles. The van der Waals surface area contributed by atoms with Crippen molar-refractivity contribution in [3.05, 3.63) is 84.4 Å². The molecule has 0 N–H and O–H groups in total. The van der Waals surface area contributed by atoms with Crippen LogP contribution in [0.1, 0.15) is 11.1 Å². The Kier molecular flexibility index (Phi) is 7.24. The standard InChI is InChI=1S/C19H20N2O3/c1-2-19(22)21(15-17-9-5-3-6-10-17)24-14-13-20-23-16-18-11-7-4-8-12-18/h2-13H,1,14-16H2/b20-13-. The van der Waals surface area contributed by atoms with Crippen molar-refractivity contribution in [2.24, 2.45) is 5.16 Å². The summed E-state index contributed by atoms with van der Waals surface area (Å²) >= 11 is 0. The molecule has 0 aliphatic rings. The Balaban J connectivity index is 1.77. The van der Waals surface area contributed by atoms with Crippen LogP contribution in [0.5, 0.6) is 0 Å². The summed E-state index contributed by atoms with van der Waals surface area (Å²) in [6.07, 6.45) is 2.68. The summed E-state index contributed by atoms with van der Waals surface area (Å²) < 4.78 is 0. The molecule has 0 atom stereocenters. The van der Waals surface area contributed by atoms with E-state index < -0.39 is 0 Å². The molecule has 5 heteroatoms. The van der Waals surface area contributed by atoms with Crippen LogP contribution in [0.2, 0.25) is 0 Å². The first-order valence-corrected chi connectivity index (χ1v) is 7.58. The van der Waals surface area contributed by atoms with Gasteiger partial charge in [0, 0.05) is 0 Å². The lowest BCUT2D eigenvalue weighted by Gasteiger charge is -2.19. The number of rotatable bonds is 9. The number of oxime groups is 1. The van der Waals surface area contributed by atoms with Gasteiger partial charge in [-0.1, -0.05) is 72.4 Å². The van der Waals surface area contributed by atoms with Gasteiger partial charge in [0.15, 0.2) is 0 Å². The molecule has 0 spiro atoms. The van der Waals surface area contributed by atoms with Gasteiger partial charge in [-0.25, -0.2) is 5.06 Å². The van der Waals surface area contributed by atoms with E-state index in [1.54, 1.807) is 0 Å². The highest BCUT2D eigenvalue weighted by atomic mass is 16.7. The lowest BCUT2D eigenvalue weighted by molar-refractivity contribution is -0.178. The molecule has 0 bridgehead atoms. The molecule has 0 unspecified atom stereocenters. The van der Waals surface area contributed by atoms with E-state index in [1.165, 1.54) is 17.4 Å². The van der Waals surface area contributed by atoms with Gasteiger partial charge in [-0.2, -0.15) is 0 Å². The van der Waals surface area contributed by atoms with Crippen LogP contribution in [0.25, 0.3) is 0 Å². The van der Waals surface area contributed by atoms with Crippen LogP contribution < -0.4 is 0 Å². The van der Waals surface area contributed by atoms with Crippen LogP contribution in [0.3, 0.4) is 0 Å². The molecule has 2 aromatic carbocycles. The van der Waals surface area contributed by atoms with Crippen LogP contribution in [-0.2, 0) is 27.6 Å². The lowest BCUT2D eigenvalue weighted by Crippen LogP contribution is -2.29. The fraction of sp³-hybridized carbons (Fsp3) is 0.158. The van der Waals surface area contributed by atoms with E-state index >= 15 is 0 Å². The normalized spacial score (nSPS) is 10.5. The maximum absolute atomic E-state index is 11.8. The van der Waals surface area contributed by atoms with Crippen molar-refractivity contribution in [3.63, 3.8) is 0 Å². The Bertz CT molecular complexity index is 657. The van der Waals surface area contributed by atoms with Gasteiger partial charge < -0.3 is 4.84 Å². The number of hydrogen-bond donors (Lipinski definition) is 0. The first kappa shape index (κ1) is 17.4. The Morgan fingerprint density at radius 2 is 1.67 bits per heavy atom. The maximum atomic E-state index is 11.8. The van der Waals surface area contributed by atoms with Gasteiger partial charge in [0.05, 0.1) is 12.8 Å². The molecule has 1 amide bonds. The number of carbonyl (C=O) groups is 1. The van der Waals surface area contributed by atoms with Gasteiger partial charge in [-0.3, -0.25) is 9.63 Å². The van der Waals surface area contributed by atoms with Crippen molar-refractivity contribution in [2.45, 2.75) is 13.2 Å². The highest BCUT2D eigenvalue weighted by Gasteiger charge is 2.11. The molecule has 24 heavy (non-hydrogen) atoms. The molecule has 0 saturated carbocycles. The number of hydrogen-bond acceptors (Lipinski definition) is 4. The van der Waals surface area contributed by atoms with Crippen LogP contribution in [-0.4, -0.2) is 23.8 Å². The number of hydroxylamine groups is 2. The quantitative estimate of drug-likeness (QED) is 0.404. The van der Waals surface area contributed by atoms with Crippen molar-refractivity contribution in [2.75, 3.05) is 6.61 Å². The van der Waals surface area contributed by atoms with Crippen LogP contribution in [0, 0.1) is 0 Å². The third kappa shape index (κ3) is 6.06. The van der Waals surface area contributed by atoms with Crippen molar-refractivity contribution in [3.8, 4) is 0 Å². The molecule has 2 rings (SSSR count). The summed E-state index contributed by atoms with van der Waals surface area (Å²) in [6, 6.07) is 19.3. The summed E-state index contributed by atoms with van der Waals surface area (Å²) in [7, 11) is 0. The van der Waals surface area contributed by atoms with Crippen LogP contribution >= 0.6 is 0 Å². The second kappa shape index (κ2) is 9.97. The predicted molar refractivity (Wildman–Crippen MR) is 92.9 cm³/mol. The van der Waals surface area contributed by atoms with Crippen LogP contribution in [0.15, 0.2) is 78.5 Å². The van der Waals surface area contributed by atoms with Crippen molar-refractivity contribution in [1.29, 1.82) is 0 Å². The van der Waals surface area contributed by atoms with Gasteiger partial charge in [-0.15, -0.1) is 0 Å². The fourth-order valence-corrected chi connectivity index (χ4v) is 1.93. The molecule has 0 heterocycles. The molecule has 0 saturated heterocycles. The summed E-state index contributed by atoms with van der Waals surface area (Å²) in [6.45, 7) is 4.33. The minimum absolute atomic E-state index is 0.126. The van der Waals surface area contributed by atoms with Gasteiger partial charge >= 0.3 is 0 Å². The predicted octanol–water partition coefficient (Wildman–Crippen LogP) is 3.34. The third-order valence-corrected chi connectivity index (χ3v) is 3.12. The largest absolute Gasteiger partial charge is 0.391 e. The van der Waals surface area contributed by atoms with Crippen LogP contribution in [0.4, 0.5) is 0 Å². The highest BCUT2D eigenvalue weighted by molar-refractivity contribution is 5.86. The van der Waals surface area contributed by atoms with Gasteiger partial charge in [0.25, 0.3) is 5.91 Å². The maximum Gasteiger partial charge on any atom is 0.269 e. The lowest BCUT2D eigenvalue weighted by atomic mass is 10.2. The van der Waals surface area contributed by atoms with Crippen molar-refractivity contribution >= 4 is 12.1 Å². The summed E-state index contributed by atoms with van der Waals surface area (Å²) in [5.41, 5.74) is 1.99. The Hall–Kier alpha value is -2.92. The van der Waals surface area contributed by atoms with E-state index in [4.69, 9.17) is 9.68 Å². The minimum atomic E-state index is -0.308. The Morgan fingerprint density at radius 1 is 1.04 bits per heavy atom. The number of carbonyl (C=O) groups excluding carboxylic acids is 1. The van der Waals surface area contributed by atoms with E-state index in [2.05, 4.69) is 11.7 Å². The first-order chi connectivity index (χ1) is 11.8. The molecular weight excluding hydrogens is 304 g/mol. The number of nitrogens with zero attached hydrogens (tertiary/aromatic N) is 2. The Morgan fingerprint density at radius 3 is 2.29 bits per heavy atom. The van der Waals surface area contributed by atoms with Crippen molar-refractivity contribution in [1.82, 2.24) is 5.06 Å². The summed E-state index contributed by atoms with van der Waals surface area (Å²) in [4.78, 5) is 22.4. The molecule has 124 valence electrons. The number of benzene rings is 2. The van der Waals surface area contributed by atoms with Gasteiger partial charge in [0.1, 0.15) is 13.2 Å². The smallest absolute Gasteiger partial charge is 0.269 e. The number of amides is 1. The molecule has 0 fully saturated rings. The molecule has 2 aromatic rings.